The molecular weight excluding hydrogens is 817 g/mol. The number of carboxylic acid groups (broad SMARTS) is 1. The summed E-state index contributed by atoms with van der Waals surface area (Å²) in [6, 6.07) is 3.75. The number of esters is 1. The summed E-state index contributed by atoms with van der Waals surface area (Å²) >= 11 is 0. The third-order valence-electron chi connectivity index (χ3n) is 20.0. The molecule has 3 N–H and O–H groups in total. The molecule has 0 bridgehead atoms. The van der Waals surface area contributed by atoms with Crippen molar-refractivity contribution in [2.45, 2.75) is 178 Å². The highest BCUT2D eigenvalue weighted by Gasteiger charge is 2.70. The van der Waals surface area contributed by atoms with Crippen molar-refractivity contribution in [1.29, 1.82) is 0 Å². The minimum Gasteiger partial charge on any atom is -0.481 e. The molecule has 10 atom stereocenters. The Morgan fingerprint density at radius 3 is 2.20 bits per heavy atom. The first kappa shape index (κ1) is 47.7. The van der Waals surface area contributed by atoms with Gasteiger partial charge in [0.2, 0.25) is 5.91 Å². The summed E-state index contributed by atoms with van der Waals surface area (Å²) in [6.45, 7) is 26.4. The average molecular weight is 897 g/mol. The number of ether oxygens (including phenoxy) is 1. The molecule has 11 nitrogen and oxygen atoms in total. The van der Waals surface area contributed by atoms with E-state index in [9.17, 15) is 29.1 Å². The standard InChI is InChI=1S/C54H80N4O7/c1-32(2)43-38(59)28-54(29-42(60)56-31-48(3,4)57-45(61)37-17-15-33(30-55-37)58-25-13-12-14-26-58)24-23-52(10)34(44(43)54)16-18-40-51(9)21-20-41(50(7,8)39(51)19-22-53(40,52)11)65-47(64)36-27-35(46(62)63)49(36,5)6/h15,17,30,32,34-36,39-41H,12-14,16,18-29,31H2,1-11H3,(H,56,60)(H,57,61)(H,62,63)/t34-,35+,36-,39+,40-,41+,51+,52-,53-,54+/m1/s1. The number of pyridine rings is 1. The van der Waals surface area contributed by atoms with Crippen molar-refractivity contribution >= 4 is 35.2 Å². The maximum atomic E-state index is 14.3. The lowest BCUT2D eigenvalue weighted by molar-refractivity contribution is -0.236. The quantitative estimate of drug-likeness (QED) is 0.184. The first-order valence-electron chi connectivity index (χ1n) is 25.3. The highest BCUT2D eigenvalue weighted by Crippen LogP contribution is 2.77. The van der Waals surface area contributed by atoms with Gasteiger partial charge in [-0.3, -0.25) is 24.0 Å². The Labute approximate surface area is 388 Å². The molecule has 1 aromatic rings. The lowest BCUT2D eigenvalue weighted by Crippen LogP contribution is -2.66. The molecule has 65 heavy (non-hydrogen) atoms. The van der Waals surface area contributed by atoms with Crippen LogP contribution in [0.5, 0.6) is 0 Å². The normalized spacial score (nSPS) is 37.2. The van der Waals surface area contributed by atoms with E-state index < -0.39 is 34.2 Å². The predicted molar refractivity (Wildman–Crippen MR) is 252 cm³/mol. The summed E-state index contributed by atoms with van der Waals surface area (Å²) < 4.78 is 6.44. The van der Waals surface area contributed by atoms with Crippen LogP contribution < -0.4 is 15.5 Å². The second-order valence-corrected chi connectivity index (χ2v) is 25.0. The van der Waals surface area contributed by atoms with Crippen LogP contribution in [0, 0.1) is 68.0 Å². The molecule has 358 valence electrons. The summed E-state index contributed by atoms with van der Waals surface area (Å²) in [5.41, 5.74) is 1.54. The number of hydrogen-bond acceptors (Lipinski definition) is 8. The van der Waals surface area contributed by atoms with Crippen molar-refractivity contribution in [2.75, 3.05) is 24.5 Å². The van der Waals surface area contributed by atoms with E-state index in [1.165, 1.54) is 24.8 Å². The number of hydrogen-bond donors (Lipinski definition) is 3. The molecule has 2 amide bonds. The Balaban J connectivity index is 0.955. The van der Waals surface area contributed by atoms with Gasteiger partial charge in [-0.1, -0.05) is 67.9 Å². The van der Waals surface area contributed by atoms with Gasteiger partial charge in [0.1, 0.15) is 11.8 Å². The number of aromatic nitrogens is 1. The van der Waals surface area contributed by atoms with E-state index in [0.717, 1.165) is 75.7 Å². The van der Waals surface area contributed by atoms with Gasteiger partial charge in [0.25, 0.3) is 5.91 Å². The van der Waals surface area contributed by atoms with Gasteiger partial charge in [0.15, 0.2) is 5.78 Å². The van der Waals surface area contributed by atoms with E-state index in [-0.39, 0.29) is 76.1 Å². The zero-order chi connectivity index (χ0) is 47.3. The van der Waals surface area contributed by atoms with Crippen molar-refractivity contribution < 1.29 is 33.8 Å². The van der Waals surface area contributed by atoms with Crippen LogP contribution in [-0.4, -0.2) is 70.9 Å². The molecule has 1 saturated heterocycles. The van der Waals surface area contributed by atoms with E-state index in [4.69, 9.17) is 4.74 Å². The first-order chi connectivity index (χ1) is 30.3. The molecule has 8 rings (SSSR count). The third-order valence-corrected chi connectivity index (χ3v) is 20.0. The van der Waals surface area contributed by atoms with Gasteiger partial charge in [-0.25, -0.2) is 4.98 Å². The molecule has 0 spiro atoms. The molecule has 0 aromatic carbocycles. The topological polar surface area (TPSA) is 155 Å². The smallest absolute Gasteiger partial charge is 0.309 e. The van der Waals surface area contributed by atoms with E-state index in [0.29, 0.717) is 30.4 Å². The highest BCUT2D eigenvalue weighted by molar-refractivity contribution is 6.01. The van der Waals surface area contributed by atoms with E-state index in [2.05, 4.69) is 69.0 Å². The first-order valence-corrected chi connectivity index (χ1v) is 25.3. The fourth-order valence-corrected chi connectivity index (χ4v) is 16.1. The number of aliphatic carboxylic acids is 1. The summed E-state index contributed by atoms with van der Waals surface area (Å²) in [5.74, 6) is -1.04. The number of Topliss-reactive ketones (excluding diaryl/α,β-unsaturated/α-hetero) is 1. The molecule has 6 aliphatic carbocycles. The summed E-state index contributed by atoms with van der Waals surface area (Å²) in [7, 11) is 0. The largest absolute Gasteiger partial charge is 0.481 e. The lowest BCUT2D eigenvalue weighted by atomic mass is 9.33. The third kappa shape index (κ3) is 7.76. The fourth-order valence-electron chi connectivity index (χ4n) is 16.1. The molecule has 11 heteroatoms. The molecule has 2 heterocycles. The van der Waals surface area contributed by atoms with Crippen molar-refractivity contribution in [1.82, 2.24) is 15.6 Å². The van der Waals surface area contributed by atoms with Crippen LogP contribution >= 0.6 is 0 Å². The van der Waals surface area contributed by atoms with Crippen LogP contribution in [0.4, 0.5) is 5.69 Å². The minimum atomic E-state index is -0.839. The number of carboxylic acids is 1. The number of rotatable bonds is 11. The molecule has 1 aromatic heterocycles. The molecule has 1 aliphatic heterocycles. The fraction of sp³-hybridized carbons (Fsp3) is 0.778. The highest BCUT2D eigenvalue weighted by atomic mass is 16.5. The van der Waals surface area contributed by atoms with E-state index in [1.54, 1.807) is 12.3 Å². The van der Waals surface area contributed by atoms with Crippen LogP contribution in [0.25, 0.3) is 0 Å². The molecule has 7 aliphatic rings. The Kier molecular flexibility index (Phi) is 12.1. The van der Waals surface area contributed by atoms with E-state index in [1.807, 2.05) is 33.8 Å². The average Bonchev–Trinajstić information content (AvgIpc) is 3.52. The van der Waals surface area contributed by atoms with Gasteiger partial charge < -0.3 is 25.4 Å². The van der Waals surface area contributed by atoms with E-state index >= 15 is 0 Å². The monoisotopic (exact) mass is 897 g/mol. The molecule has 6 fully saturated rings. The van der Waals surface area contributed by atoms with Gasteiger partial charge in [0.05, 0.1) is 29.3 Å². The van der Waals surface area contributed by atoms with Crippen LogP contribution in [0.15, 0.2) is 29.5 Å². The number of piperidine rings is 1. The Hall–Kier alpha value is -3.76. The molecule has 0 radical (unpaired) electrons. The minimum absolute atomic E-state index is 0.0165. The lowest BCUT2D eigenvalue weighted by Gasteiger charge is -2.72. The number of fused-ring (bicyclic) bond motifs is 7. The number of nitrogens with zero attached hydrogens (tertiary/aromatic N) is 2. The van der Waals surface area contributed by atoms with Gasteiger partial charge in [-0.15, -0.1) is 0 Å². The number of ketones is 1. The zero-order valence-electron chi connectivity index (χ0n) is 41.6. The molecule has 0 unspecified atom stereocenters. The maximum absolute atomic E-state index is 14.3. The van der Waals surface area contributed by atoms with Crippen LogP contribution in [0.3, 0.4) is 0 Å². The molecule has 5 saturated carbocycles. The van der Waals surface area contributed by atoms with Gasteiger partial charge in [-0.05, 0) is 154 Å². The van der Waals surface area contributed by atoms with Gasteiger partial charge in [-0.2, -0.15) is 0 Å². The summed E-state index contributed by atoms with van der Waals surface area (Å²) in [6.07, 6.45) is 13.8. The maximum Gasteiger partial charge on any atom is 0.309 e. The Morgan fingerprint density at radius 2 is 1.57 bits per heavy atom. The number of anilines is 1. The van der Waals surface area contributed by atoms with Crippen molar-refractivity contribution in [3.63, 3.8) is 0 Å². The van der Waals surface area contributed by atoms with Gasteiger partial charge >= 0.3 is 11.9 Å². The summed E-state index contributed by atoms with van der Waals surface area (Å²) in [5, 5.41) is 16.0. The van der Waals surface area contributed by atoms with Crippen LogP contribution in [0.2, 0.25) is 0 Å². The second kappa shape index (κ2) is 16.5. The number of carbonyl (C=O) groups excluding carboxylic acids is 4. The van der Waals surface area contributed by atoms with Crippen LogP contribution in [0.1, 0.15) is 177 Å². The second-order valence-electron chi connectivity index (χ2n) is 25.0. The van der Waals surface area contributed by atoms with Gasteiger partial charge in [0, 0.05) is 43.3 Å². The van der Waals surface area contributed by atoms with Crippen molar-refractivity contribution in [3.05, 3.63) is 35.2 Å². The van der Waals surface area contributed by atoms with Crippen molar-refractivity contribution in [3.8, 4) is 0 Å². The Bertz CT molecular complexity index is 2120. The number of nitrogens with one attached hydrogen (secondary N) is 2. The predicted octanol–water partition coefficient (Wildman–Crippen LogP) is 9.73. The number of carbonyl (C=O) groups is 5. The number of amides is 2. The zero-order valence-corrected chi connectivity index (χ0v) is 41.6. The summed E-state index contributed by atoms with van der Waals surface area (Å²) in [4.78, 5) is 74.2. The van der Waals surface area contributed by atoms with Crippen molar-refractivity contribution in [2.24, 2.45) is 68.0 Å². The Morgan fingerprint density at radius 1 is 0.862 bits per heavy atom. The van der Waals surface area contributed by atoms with Crippen LogP contribution in [-0.2, 0) is 23.9 Å². The SMILES string of the molecule is CC(C)C1=C2[C@H]3CC[C@@H]4[C@@]5(C)CC[C@H](OC(=O)[C@H]6C[C@@H](C(=O)O)C6(C)C)C(C)(C)[C@@H]5CC[C@@]4(C)[C@]3(C)CC[C@@]2(CC(=O)NCC(C)(C)NC(=O)c2ccc(N3CCCCC3)cn2)CC1=O. The number of allylic oxidation sites excluding steroid dienone is 2. The molecular formula is C54H80N4O7.